The molecule has 32 heavy (non-hydrogen) atoms. The van der Waals surface area contributed by atoms with Crippen LogP contribution in [0.2, 0.25) is 0 Å². The van der Waals surface area contributed by atoms with E-state index in [0.717, 1.165) is 5.56 Å². The maximum atomic E-state index is 12.8. The highest BCUT2D eigenvalue weighted by Gasteiger charge is 2.40. The van der Waals surface area contributed by atoms with Crippen molar-refractivity contribution in [2.75, 3.05) is 43.6 Å². The number of anilines is 2. The molecule has 0 fully saturated rings. The molecule has 2 N–H and O–H groups in total. The first-order chi connectivity index (χ1) is 14.9. The fourth-order valence-electron chi connectivity index (χ4n) is 3.94. The van der Waals surface area contributed by atoms with Gasteiger partial charge in [-0.05, 0) is 38.5 Å². The minimum Gasteiger partial charge on any atom is -0.466 e. The van der Waals surface area contributed by atoms with Gasteiger partial charge in [0.15, 0.2) is 0 Å². The number of hydrogen-bond acceptors (Lipinski definition) is 7. The first-order valence-electron chi connectivity index (χ1n) is 10.5. The van der Waals surface area contributed by atoms with Crippen molar-refractivity contribution in [2.45, 2.75) is 45.6 Å². The molecule has 2 aliphatic rings. The van der Waals surface area contributed by atoms with Crippen LogP contribution in [0.5, 0.6) is 0 Å². The lowest BCUT2D eigenvalue weighted by molar-refractivity contribution is -0.136. The fraction of sp³-hybridized carbons (Fsp3) is 0.522. The Morgan fingerprint density at radius 3 is 2.53 bits per heavy atom. The molecule has 0 aromatic heterocycles. The molecule has 1 aromatic carbocycles. The molecule has 0 unspecified atom stereocenters. The molecule has 0 spiro atoms. The number of nitrogens with zero attached hydrogens (tertiary/aromatic N) is 2. The van der Waals surface area contributed by atoms with E-state index >= 15 is 0 Å². The van der Waals surface area contributed by atoms with Crippen LogP contribution >= 0.6 is 0 Å². The van der Waals surface area contributed by atoms with E-state index in [-0.39, 0.29) is 36.4 Å². The number of nitrogens with one attached hydrogen (secondary N) is 1. The van der Waals surface area contributed by atoms with Crippen LogP contribution in [0.4, 0.5) is 16.2 Å². The summed E-state index contributed by atoms with van der Waals surface area (Å²) in [4.78, 5) is 40.8. The lowest BCUT2D eigenvalue weighted by Gasteiger charge is -2.26. The topological polar surface area (TPSA) is 108 Å². The van der Waals surface area contributed by atoms with Crippen molar-refractivity contribution in [3.05, 3.63) is 35.0 Å². The quantitative estimate of drug-likeness (QED) is 0.670. The summed E-state index contributed by atoms with van der Waals surface area (Å²) in [7, 11) is 1.25. The van der Waals surface area contributed by atoms with Crippen molar-refractivity contribution < 1.29 is 29.0 Å². The van der Waals surface area contributed by atoms with Crippen molar-refractivity contribution in [3.8, 4) is 0 Å². The molecule has 0 aliphatic carbocycles. The minimum atomic E-state index is -0.632. The lowest BCUT2D eigenvalue weighted by atomic mass is 9.87. The van der Waals surface area contributed by atoms with Crippen molar-refractivity contribution in [2.24, 2.45) is 0 Å². The van der Waals surface area contributed by atoms with Gasteiger partial charge in [-0.2, -0.15) is 0 Å². The molecule has 0 radical (unpaired) electrons. The summed E-state index contributed by atoms with van der Waals surface area (Å²) >= 11 is 0. The molecule has 0 bridgehead atoms. The van der Waals surface area contributed by atoms with Gasteiger partial charge in [0.2, 0.25) is 0 Å². The van der Waals surface area contributed by atoms with Crippen LogP contribution in [-0.4, -0.2) is 66.9 Å². The number of methoxy groups -OCH3 is 1. The van der Waals surface area contributed by atoms with Crippen LogP contribution in [0.15, 0.2) is 29.5 Å². The van der Waals surface area contributed by atoms with E-state index in [1.54, 1.807) is 11.0 Å². The molecule has 0 saturated heterocycles. The third-order valence-electron chi connectivity index (χ3n) is 5.41. The third kappa shape index (κ3) is 4.57. The summed E-state index contributed by atoms with van der Waals surface area (Å²) in [6.45, 7) is 9.95. The van der Waals surface area contributed by atoms with Crippen molar-refractivity contribution in [1.29, 1.82) is 0 Å². The second kappa shape index (κ2) is 8.46. The normalized spacial score (nSPS) is 17.5. The second-order valence-corrected chi connectivity index (χ2v) is 9.60. The maximum Gasteiger partial charge on any atom is 0.414 e. The Labute approximate surface area is 188 Å². The molecule has 9 nitrogen and oxygen atoms in total. The average Bonchev–Trinajstić information content (AvgIpc) is 3.15. The first kappa shape index (κ1) is 23.6. The summed E-state index contributed by atoms with van der Waals surface area (Å²) in [5.41, 5.74) is 1.60. The van der Waals surface area contributed by atoms with Gasteiger partial charge in [0.25, 0.3) is 5.91 Å². The van der Waals surface area contributed by atoms with Crippen LogP contribution < -0.4 is 10.2 Å². The average molecular weight is 446 g/mol. The number of fused-ring (bicyclic) bond motifs is 1. The summed E-state index contributed by atoms with van der Waals surface area (Å²) in [6.07, 6.45) is -0.443. The number of benzene rings is 1. The molecule has 0 saturated carbocycles. The Balaban J connectivity index is 1.95. The van der Waals surface area contributed by atoms with Crippen molar-refractivity contribution in [1.82, 2.24) is 4.90 Å². The number of ether oxygens (including phenoxy) is 2. The Hall–Kier alpha value is -3.07. The molecule has 9 heteroatoms. The Morgan fingerprint density at radius 1 is 1.25 bits per heavy atom. The lowest BCUT2D eigenvalue weighted by Crippen LogP contribution is -2.38. The molecule has 1 aromatic rings. The van der Waals surface area contributed by atoms with Gasteiger partial charge in [-0.25, -0.2) is 9.59 Å². The maximum absolute atomic E-state index is 12.8. The highest BCUT2D eigenvalue weighted by atomic mass is 16.6. The smallest absolute Gasteiger partial charge is 0.414 e. The number of aliphatic hydroxyl groups excluding tert-OH is 1. The van der Waals surface area contributed by atoms with Crippen molar-refractivity contribution in [3.63, 3.8) is 0 Å². The summed E-state index contributed by atoms with van der Waals surface area (Å²) in [5, 5.41) is 12.3. The van der Waals surface area contributed by atoms with E-state index in [9.17, 15) is 19.5 Å². The summed E-state index contributed by atoms with van der Waals surface area (Å²) in [5.74, 6) is -1.01. The molecule has 2 aliphatic heterocycles. The number of carbonyl (C=O) groups is 3. The first-order valence-corrected chi connectivity index (χ1v) is 10.5. The van der Waals surface area contributed by atoms with Crippen LogP contribution in [0.3, 0.4) is 0 Å². The van der Waals surface area contributed by atoms with Crippen LogP contribution in [0.25, 0.3) is 0 Å². The zero-order valence-electron chi connectivity index (χ0n) is 19.4. The van der Waals surface area contributed by atoms with E-state index in [4.69, 9.17) is 9.47 Å². The number of aliphatic hydroxyl groups is 1. The van der Waals surface area contributed by atoms with Gasteiger partial charge >= 0.3 is 12.1 Å². The molecule has 3 rings (SSSR count). The van der Waals surface area contributed by atoms with E-state index in [1.165, 1.54) is 12.0 Å². The SMILES string of the molecule is COC(=O)C1=C(Nc2ccc3c(c2)N(C(=O)OC(C)(C)C)CC3(C)C)C(=O)N(CCO)C1. The van der Waals surface area contributed by atoms with Gasteiger partial charge in [-0.1, -0.05) is 19.9 Å². The molecular weight excluding hydrogens is 414 g/mol. The van der Waals surface area contributed by atoms with Gasteiger partial charge < -0.3 is 24.8 Å². The van der Waals surface area contributed by atoms with Gasteiger partial charge in [-0.3, -0.25) is 9.69 Å². The van der Waals surface area contributed by atoms with Gasteiger partial charge in [0, 0.05) is 24.2 Å². The molecule has 2 heterocycles. The monoisotopic (exact) mass is 445 g/mol. The zero-order chi connectivity index (χ0) is 23.8. The Kier molecular flexibility index (Phi) is 6.24. The largest absolute Gasteiger partial charge is 0.466 e. The van der Waals surface area contributed by atoms with E-state index in [0.29, 0.717) is 17.9 Å². The number of amides is 2. The zero-order valence-corrected chi connectivity index (χ0v) is 19.4. The van der Waals surface area contributed by atoms with E-state index in [2.05, 4.69) is 19.2 Å². The highest BCUT2D eigenvalue weighted by Crippen LogP contribution is 2.42. The highest BCUT2D eigenvalue weighted by molar-refractivity contribution is 6.08. The summed E-state index contributed by atoms with van der Waals surface area (Å²) < 4.78 is 10.4. The number of esters is 1. The van der Waals surface area contributed by atoms with Crippen molar-refractivity contribution >= 4 is 29.3 Å². The molecule has 2 amide bonds. The van der Waals surface area contributed by atoms with Crippen LogP contribution in [-0.2, 0) is 24.5 Å². The Morgan fingerprint density at radius 2 is 1.94 bits per heavy atom. The number of β-amino-alcohol motifs (C(OH)–C–C–N with tert-alkyl or cyclic N) is 1. The molecule has 0 atom stereocenters. The Bertz CT molecular complexity index is 976. The van der Waals surface area contributed by atoms with Crippen LogP contribution in [0, 0.1) is 0 Å². The predicted octanol–water partition coefficient (Wildman–Crippen LogP) is 2.39. The predicted molar refractivity (Wildman–Crippen MR) is 119 cm³/mol. The number of rotatable bonds is 5. The van der Waals surface area contributed by atoms with Gasteiger partial charge in [-0.15, -0.1) is 0 Å². The second-order valence-electron chi connectivity index (χ2n) is 9.60. The fourth-order valence-corrected chi connectivity index (χ4v) is 3.94. The standard InChI is InChI=1S/C23H31N3O6/c1-22(2,3)32-21(30)26-13-23(4,5)16-8-7-14(11-17(16)26)24-18-15(20(29)31-6)12-25(9-10-27)19(18)28/h7-8,11,24,27H,9-10,12-13H2,1-6H3. The van der Waals surface area contributed by atoms with Gasteiger partial charge in [0.05, 0.1) is 31.5 Å². The number of hydrogen-bond donors (Lipinski definition) is 2. The molecular formula is C23H31N3O6. The molecule has 174 valence electrons. The van der Waals surface area contributed by atoms with E-state index in [1.807, 2.05) is 32.9 Å². The van der Waals surface area contributed by atoms with E-state index < -0.39 is 23.6 Å². The van der Waals surface area contributed by atoms with Gasteiger partial charge in [0.1, 0.15) is 11.3 Å². The summed E-state index contributed by atoms with van der Waals surface area (Å²) in [6, 6.07) is 5.49. The van der Waals surface area contributed by atoms with Crippen LogP contribution in [0.1, 0.15) is 40.2 Å². The minimum absolute atomic E-state index is 0.0520. The third-order valence-corrected chi connectivity index (χ3v) is 5.41. The number of carbonyl (C=O) groups excluding carboxylic acids is 3.